The van der Waals surface area contributed by atoms with Gasteiger partial charge in [-0.3, -0.25) is 10.1 Å². The first-order valence-electron chi connectivity index (χ1n) is 21.1. The SMILES string of the molecule is C/C=C/NC(=O)O[C@H]1[C@H](C)O[C@@H](O[C@H]2[C@H](C)[C@@H](O[C@@H]3O[C@H](C)C[C@H](N(C)C)[C@H]3O)[C@@]3(C)C[C@@H](C)C(=N[C@H](C)[C@H]4OC(=O)O[C@@]4(C)[C@@H](CC)OC(=O)[C@@H]2C)O3)C[C@@]1(C)OC. The van der Waals surface area contributed by atoms with E-state index in [1.165, 1.54) is 13.3 Å². The Morgan fingerprint density at radius 3 is 2.32 bits per heavy atom. The van der Waals surface area contributed by atoms with Gasteiger partial charge in [-0.05, 0) is 82.3 Å². The minimum atomic E-state index is -1.38. The van der Waals surface area contributed by atoms with E-state index in [-0.39, 0.29) is 24.5 Å². The van der Waals surface area contributed by atoms with Crippen LogP contribution < -0.4 is 5.32 Å². The summed E-state index contributed by atoms with van der Waals surface area (Å²) < 4.78 is 63.1. The lowest BCUT2D eigenvalue weighted by atomic mass is 9.79. The second-order valence-corrected chi connectivity index (χ2v) is 18.0. The van der Waals surface area contributed by atoms with Gasteiger partial charge in [0.2, 0.25) is 0 Å². The van der Waals surface area contributed by atoms with Gasteiger partial charge in [0.25, 0.3) is 0 Å². The number of allylic oxidation sites excluding steroid dienone is 1. The molecule has 0 aromatic rings. The summed E-state index contributed by atoms with van der Waals surface area (Å²) in [6.07, 6.45) is -5.47. The fourth-order valence-corrected chi connectivity index (χ4v) is 9.74. The number of fused-ring (bicyclic) bond motifs is 3. The van der Waals surface area contributed by atoms with Crippen molar-refractivity contribution in [1.82, 2.24) is 10.2 Å². The van der Waals surface area contributed by atoms with Crippen molar-refractivity contribution in [3.63, 3.8) is 0 Å². The number of aliphatic imine (C=N–C) groups is 1. The highest BCUT2D eigenvalue weighted by molar-refractivity contribution is 5.81. The summed E-state index contributed by atoms with van der Waals surface area (Å²) in [7, 11) is 5.34. The fraction of sp³-hybridized carbons (Fsp3) is 0.857. The first kappa shape index (κ1) is 47.0. The lowest BCUT2D eigenvalue weighted by molar-refractivity contribution is -0.315. The quantitative estimate of drug-likeness (QED) is 0.236. The lowest BCUT2D eigenvalue weighted by Gasteiger charge is -2.49. The van der Waals surface area contributed by atoms with Gasteiger partial charge < -0.3 is 57.4 Å². The minimum absolute atomic E-state index is 0.114. The molecule has 4 saturated heterocycles. The molecule has 0 radical (unpaired) electrons. The smallest absolute Gasteiger partial charge is 0.472 e. The number of esters is 1. The molecular weight excluding hydrogens is 770 g/mol. The minimum Gasteiger partial charge on any atom is -0.472 e. The molecule has 17 heteroatoms. The van der Waals surface area contributed by atoms with Crippen molar-refractivity contribution in [1.29, 1.82) is 0 Å². The Labute approximate surface area is 349 Å². The molecule has 1 amide bonds. The molecule has 5 aliphatic heterocycles. The van der Waals surface area contributed by atoms with E-state index in [1.807, 2.05) is 67.5 Å². The number of amides is 1. The van der Waals surface area contributed by atoms with Crippen LogP contribution in [0, 0.1) is 17.8 Å². The zero-order valence-corrected chi connectivity index (χ0v) is 37.3. The largest absolute Gasteiger partial charge is 0.509 e. The Balaban J connectivity index is 1.59. The van der Waals surface area contributed by atoms with Gasteiger partial charge in [-0.1, -0.05) is 26.8 Å². The number of carbonyl (C=O) groups is 3. The third-order valence-electron chi connectivity index (χ3n) is 13.0. The Bertz CT molecular complexity index is 1560. The van der Waals surface area contributed by atoms with Crippen LogP contribution in [0.3, 0.4) is 0 Å². The number of hydrogen-bond donors (Lipinski definition) is 2. The number of aliphatic hydroxyl groups is 1. The van der Waals surface area contributed by atoms with E-state index in [0.717, 1.165) is 0 Å². The number of carbonyl (C=O) groups excluding carboxylic acids is 3. The summed E-state index contributed by atoms with van der Waals surface area (Å²) in [5, 5.41) is 14.3. The van der Waals surface area contributed by atoms with Gasteiger partial charge in [-0.2, -0.15) is 0 Å². The Kier molecular flexibility index (Phi) is 14.7. The number of ether oxygens (including phenoxy) is 10. The maximum absolute atomic E-state index is 14.6. The van der Waals surface area contributed by atoms with Crippen LogP contribution in [-0.2, 0) is 52.2 Å². The van der Waals surface area contributed by atoms with E-state index in [0.29, 0.717) is 25.2 Å². The number of nitrogens with zero attached hydrogens (tertiary/aromatic N) is 2. The van der Waals surface area contributed by atoms with Gasteiger partial charge in [-0.25, -0.2) is 14.6 Å². The predicted molar refractivity (Wildman–Crippen MR) is 213 cm³/mol. The van der Waals surface area contributed by atoms with E-state index in [9.17, 15) is 19.5 Å². The third kappa shape index (κ3) is 9.71. The molecule has 336 valence electrons. The Morgan fingerprint density at radius 1 is 1.00 bits per heavy atom. The summed E-state index contributed by atoms with van der Waals surface area (Å²) in [5.41, 5.74) is -3.54. The van der Waals surface area contributed by atoms with Crippen molar-refractivity contribution in [3.8, 4) is 0 Å². The molecule has 5 aliphatic rings. The fourth-order valence-electron chi connectivity index (χ4n) is 9.74. The summed E-state index contributed by atoms with van der Waals surface area (Å²) >= 11 is 0. The number of nitrogens with one attached hydrogen (secondary N) is 1. The van der Waals surface area contributed by atoms with Crippen molar-refractivity contribution < 1.29 is 66.9 Å². The van der Waals surface area contributed by atoms with Crippen molar-refractivity contribution in [2.75, 3.05) is 21.2 Å². The number of hydrogen-bond acceptors (Lipinski definition) is 16. The van der Waals surface area contributed by atoms with Crippen LogP contribution >= 0.6 is 0 Å². The molecule has 0 unspecified atom stereocenters. The van der Waals surface area contributed by atoms with Crippen LogP contribution in [0.4, 0.5) is 9.59 Å². The second-order valence-electron chi connectivity index (χ2n) is 18.0. The monoisotopic (exact) mass is 839 g/mol. The van der Waals surface area contributed by atoms with Gasteiger partial charge in [-0.15, -0.1) is 0 Å². The zero-order chi connectivity index (χ0) is 43.8. The Morgan fingerprint density at radius 2 is 1.69 bits per heavy atom. The first-order chi connectivity index (χ1) is 27.6. The normalized spacial score (nSPS) is 45.7. The van der Waals surface area contributed by atoms with Gasteiger partial charge in [0.15, 0.2) is 36.3 Å². The average molecular weight is 840 g/mol. The van der Waals surface area contributed by atoms with Crippen LogP contribution in [0.25, 0.3) is 0 Å². The van der Waals surface area contributed by atoms with E-state index in [4.69, 9.17) is 52.4 Å². The van der Waals surface area contributed by atoms with Crippen molar-refractivity contribution in [2.24, 2.45) is 22.7 Å². The molecule has 2 bridgehead atoms. The second kappa shape index (κ2) is 18.5. The first-order valence-corrected chi connectivity index (χ1v) is 21.1. The highest BCUT2D eigenvalue weighted by Crippen LogP contribution is 2.45. The standard InChI is InChI=1S/C42H69N3O14/c1-15-17-43-38(48)56-34-26(8)52-29(20-40(34,9)50-14)54-31-23(5)32(55-37-30(46)27(45(12)13)18-22(4)51-37)41(10)19-21(3)35(58-41)44-25(7)33-42(11,59-39(49)57-33)28(16-2)53-36(47)24(31)6/h15,17,21-34,37,46H,16,18-20H2,1-14H3,(H,43,48)/b17-15+,44-35?/t21-,22-,23+,24-,25-,26+,27+,28-,29+,30-,31+,32-,33-,34+,37+,40-,41-,42+/m1/s1. The molecule has 0 saturated carbocycles. The number of methoxy groups -OCH3 is 1. The summed E-state index contributed by atoms with van der Waals surface area (Å²) in [6.45, 7) is 20.2. The number of aliphatic hydroxyl groups excluding tert-OH is 1. The maximum Gasteiger partial charge on any atom is 0.509 e. The van der Waals surface area contributed by atoms with E-state index < -0.39 is 108 Å². The summed E-state index contributed by atoms with van der Waals surface area (Å²) in [5.74, 6) is -2.02. The van der Waals surface area contributed by atoms with Crippen molar-refractivity contribution >= 4 is 24.1 Å². The van der Waals surface area contributed by atoms with Gasteiger partial charge in [0, 0.05) is 44.0 Å². The molecule has 18 atom stereocenters. The topological polar surface area (TPSA) is 191 Å². The molecule has 59 heavy (non-hydrogen) atoms. The van der Waals surface area contributed by atoms with Gasteiger partial charge in [0.05, 0.1) is 30.3 Å². The number of alkyl carbamates (subject to hydrolysis) is 1. The van der Waals surface area contributed by atoms with Crippen molar-refractivity contribution in [2.45, 2.75) is 192 Å². The zero-order valence-electron chi connectivity index (χ0n) is 37.3. The molecule has 0 aliphatic carbocycles. The van der Waals surface area contributed by atoms with Crippen LogP contribution in [0.2, 0.25) is 0 Å². The van der Waals surface area contributed by atoms with Crippen LogP contribution in [-0.4, -0.2) is 146 Å². The number of rotatable bonds is 9. The van der Waals surface area contributed by atoms with Crippen LogP contribution in [0.1, 0.15) is 102 Å². The van der Waals surface area contributed by atoms with Gasteiger partial charge in [0.1, 0.15) is 29.5 Å². The highest BCUT2D eigenvalue weighted by atomic mass is 16.8. The molecule has 4 fully saturated rings. The van der Waals surface area contributed by atoms with Crippen molar-refractivity contribution in [3.05, 3.63) is 12.3 Å². The molecule has 5 rings (SSSR count). The average Bonchev–Trinajstić information content (AvgIpc) is 3.65. The van der Waals surface area contributed by atoms with Gasteiger partial charge >= 0.3 is 18.2 Å². The van der Waals surface area contributed by atoms with Crippen LogP contribution in [0.15, 0.2) is 17.3 Å². The highest BCUT2D eigenvalue weighted by Gasteiger charge is 2.59. The van der Waals surface area contributed by atoms with E-state index >= 15 is 0 Å². The molecule has 2 N–H and O–H groups in total. The number of likely N-dealkylation sites (N-methyl/N-ethyl adjacent to an activating group) is 1. The molecular formula is C42H69N3O14. The molecule has 5 heterocycles. The third-order valence-corrected chi connectivity index (χ3v) is 13.0. The van der Waals surface area contributed by atoms with E-state index in [2.05, 4.69) is 5.32 Å². The molecule has 0 aromatic carbocycles. The predicted octanol–water partition coefficient (Wildman–Crippen LogP) is 4.86. The maximum atomic E-state index is 14.6. The lowest BCUT2D eigenvalue weighted by Crippen LogP contribution is -2.61. The Hall–Kier alpha value is -3.06. The number of cyclic esters (lactones) is 1. The molecule has 0 spiro atoms. The summed E-state index contributed by atoms with van der Waals surface area (Å²) in [6, 6.07) is -0.900. The molecule has 17 nitrogen and oxygen atoms in total. The summed E-state index contributed by atoms with van der Waals surface area (Å²) in [4.78, 5) is 47.0. The van der Waals surface area contributed by atoms with Crippen LogP contribution in [0.5, 0.6) is 0 Å². The van der Waals surface area contributed by atoms with E-state index in [1.54, 1.807) is 33.8 Å². The molecule has 0 aromatic heterocycles.